The van der Waals surface area contributed by atoms with Crippen molar-refractivity contribution >= 4 is 34.2 Å². The van der Waals surface area contributed by atoms with E-state index in [0.717, 1.165) is 24.3 Å². The van der Waals surface area contributed by atoms with Crippen molar-refractivity contribution in [3.8, 4) is 11.5 Å². The maximum atomic E-state index is 13.2. The van der Waals surface area contributed by atoms with Crippen molar-refractivity contribution in [3.63, 3.8) is 0 Å². The van der Waals surface area contributed by atoms with Crippen LogP contribution in [-0.4, -0.2) is 63.9 Å². The highest BCUT2D eigenvalue weighted by molar-refractivity contribution is 6.31. The number of piperidine rings is 1. The van der Waals surface area contributed by atoms with E-state index in [9.17, 15) is 18.7 Å². The number of ether oxygens (including phenoxy) is 2. The van der Waals surface area contributed by atoms with Crippen LogP contribution in [0.4, 0.5) is 14.5 Å². The van der Waals surface area contributed by atoms with E-state index in [1.54, 1.807) is 30.0 Å². The number of hydrogen-bond acceptors (Lipinski definition) is 6. The average Bonchev–Trinajstić information content (AvgIpc) is 3.38. The molecule has 6 rings (SSSR count). The van der Waals surface area contributed by atoms with E-state index < -0.39 is 17.6 Å². The molecule has 0 atom stereocenters. The van der Waals surface area contributed by atoms with Gasteiger partial charge in [-0.25, -0.2) is 4.98 Å². The summed E-state index contributed by atoms with van der Waals surface area (Å²) in [6, 6.07) is 8.68. The summed E-state index contributed by atoms with van der Waals surface area (Å²) >= 11 is 6.21. The standard InChI is InChI=1S/C27H29ClF2N4O4/c1-26(36)13-17(14-26)34-15-31-21-11-18(12-22(23(21)34)38-25(29)30)37-9-8-33-6-4-27(5-7-33)19-10-16(28)2-3-20(19)32-24(27)35/h2-3,10-12,15,17,25,36H,4-9,13-14H2,1H3,(H,32,35)/t17-,26+. The van der Waals surface area contributed by atoms with Crippen molar-refractivity contribution in [1.82, 2.24) is 14.5 Å². The number of rotatable bonds is 7. The molecule has 1 saturated carbocycles. The number of aliphatic hydroxyl groups is 1. The van der Waals surface area contributed by atoms with Gasteiger partial charge in [-0.2, -0.15) is 8.78 Å². The number of carbonyl (C=O) groups excluding carboxylic acids is 1. The van der Waals surface area contributed by atoms with Crippen LogP contribution in [-0.2, 0) is 10.2 Å². The second-order valence-electron chi connectivity index (χ2n) is 10.8. The molecule has 0 radical (unpaired) electrons. The molecule has 1 saturated heterocycles. The van der Waals surface area contributed by atoms with Gasteiger partial charge in [-0.3, -0.25) is 9.69 Å². The van der Waals surface area contributed by atoms with Gasteiger partial charge in [0.05, 0.1) is 22.9 Å². The zero-order valence-corrected chi connectivity index (χ0v) is 21.7. The molecule has 2 aliphatic heterocycles. The molecular formula is C27H29ClF2N4O4. The number of amides is 1. The molecule has 1 spiro atoms. The van der Waals surface area contributed by atoms with Gasteiger partial charge >= 0.3 is 6.61 Å². The zero-order valence-electron chi connectivity index (χ0n) is 20.9. The predicted octanol–water partition coefficient (Wildman–Crippen LogP) is 4.74. The fraction of sp³-hybridized carbons (Fsp3) is 0.481. The lowest BCUT2D eigenvalue weighted by atomic mass is 9.73. The molecule has 1 amide bonds. The number of alkyl halides is 2. The van der Waals surface area contributed by atoms with E-state index >= 15 is 0 Å². The third-order valence-corrected chi connectivity index (χ3v) is 8.37. The van der Waals surface area contributed by atoms with E-state index in [1.165, 1.54) is 6.07 Å². The third-order valence-electron chi connectivity index (χ3n) is 8.13. The van der Waals surface area contributed by atoms with Gasteiger partial charge in [-0.1, -0.05) is 11.6 Å². The Morgan fingerprint density at radius 1 is 1.24 bits per heavy atom. The molecule has 202 valence electrons. The van der Waals surface area contributed by atoms with E-state index in [4.69, 9.17) is 21.1 Å². The second kappa shape index (κ2) is 9.36. The number of halogens is 3. The van der Waals surface area contributed by atoms with Crippen LogP contribution in [0, 0.1) is 0 Å². The molecule has 2 fully saturated rings. The highest BCUT2D eigenvalue weighted by Gasteiger charge is 2.48. The van der Waals surface area contributed by atoms with Crippen LogP contribution >= 0.6 is 11.6 Å². The number of nitrogens with zero attached hydrogens (tertiary/aromatic N) is 3. The van der Waals surface area contributed by atoms with Gasteiger partial charge in [-0.15, -0.1) is 0 Å². The second-order valence-corrected chi connectivity index (χ2v) is 11.2. The Morgan fingerprint density at radius 3 is 2.71 bits per heavy atom. The molecule has 1 aromatic heterocycles. The Morgan fingerprint density at radius 2 is 2.00 bits per heavy atom. The first kappa shape index (κ1) is 25.3. The van der Waals surface area contributed by atoms with Crippen LogP contribution in [0.3, 0.4) is 0 Å². The summed E-state index contributed by atoms with van der Waals surface area (Å²) in [7, 11) is 0. The van der Waals surface area contributed by atoms with Crippen LogP contribution in [0.25, 0.3) is 11.0 Å². The van der Waals surface area contributed by atoms with Crippen LogP contribution in [0.5, 0.6) is 11.5 Å². The number of nitrogens with one attached hydrogen (secondary N) is 1. The van der Waals surface area contributed by atoms with Gasteiger partial charge in [0.2, 0.25) is 5.91 Å². The molecule has 1 aliphatic carbocycles. The molecule has 3 heterocycles. The number of benzene rings is 2. The summed E-state index contributed by atoms with van der Waals surface area (Å²) in [5.41, 5.74) is 1.44. The summed E-state index contributed by atoms with van der Waals surface area (Å²) in [4.78, 5) is 19.5. The van der Waals surface area contributed by atoms with E-state index in [0.29, 0.717) is 60.6 Å². The van der Waals surface area contributed by atoms with Gasteiger partial charge in [-0.05, 0) is 69.5 Å². The molecule has 3 aliphatic rings. The maximum absolute atomic E-state index is 13.2. The zero-order chi connectivity index (χ0) is 26.7. The number of anilines is 1. The minimum atomic E-state index is -2.99. The van der Waals surface area contributed by atoms with E-state index in [-0.39, 0.29) is 17.7 Å². The normalized spacial score (nSPS) is 24.5. The fourth-order valence-corrected chi connectivity index (χ4v) is 6.31. The molecule has 8 nitrogen and oxygen atoms in total. The topological polar surface area (TPSA) is 88.9 Å². The number of imidazole rings is 1. The van der Waals surface area contributed by atoms with Gasteiger partial charge in [0.25, 0.3) is 0 Å². The Bertz CT molecular complexity index is 1380. The molecular weight excluding hydrogens is 518 g/mol. The van der Waals surface area contributed by atoms with Gasteiger partial charge in [0.1, 0.15) is 17.9 Å². The fourth-order valence-electron chi connectivity index (χ4n) is 6.14. The summed E-state index contributed by atoms with van der Waals surface area (Å²) < 4.78 is 39.0. The van der Waals surface area contributed by atoms with Crippen molar-refractivity contribution < 1.29 is 28.2 Å². The number of carbonyl (C=O) groups is 1. The molecule has 2 aromatic carbocycles. The quantitative estimate of drug-likeness (QED) is 0.445. The van der Waals surface area contributed by atoms with Crippen molar-refractivity contribution in [1.29, 1.82) is 0 Å². The van der Waals surface area contributed by atoms with E-state index in [1.807, 2.05) is 12.1 Å². The average molecular weight is 547 g/mol. The predicted molar refractivity (Wildman–Crippen MR) is 138 cm³/mol. The lowest BCUT2D eigenvalue weighted by Crippen LogP contribution is -2.47. The third kappa shape index (κ3) is 4.48. The lowest BCUT2D eigenvalue weighted by molar-refractivity contribution is -0.122. The molecule has 38 heavy (non-hydrogen) atoms. The molecule has 2 N–H and O–H groups in total. The SMILES string of the molecule is C[C@]1(O)C[C@@H](n2cnc3cc(OCCN4CCC5(CC4)C(=O)Nc4ccc(Cl)cc45)cc(OC(F)F)c32)C1. The van der Waals surface area contributed by atoms with Crippen molar-refractivity contribution in [2.75, 3.05) is 31.6 Å². The number of fused-ring (bicyclic) bond motifs is 3. The van der Waals surface area contributed by atoms with Crippen LogP contribution in [0.15, 0.2) is 36.7 Å². The summed E-state index contributed by atoms with van der Waals surface area (Å²) in [5.74, 6) is 0.419. The minimum Gasteiger partial charge on any atom is -0.492 e. The van der Waals surface area contributed by atoms with Gasteiger partial charge in [0, 0.05) is 35.4 Å². The Balaban J connectivity index is 1.11. The summed E-state index contributed by atoms with van der Waals surface area (Å²) in [5, 5.41) is 13.7. The molecule has 3 aromatic rings. The monoisotopic (exact) mass is 546 g/mol. The first-order valence-electron chi connectivity index (χ1n) is 12.8. The van der Waals surface area contributed by atoms with E-state index in [2.05, 4.69) is 15.2 Å². The Labute approximate surface area is 223 Å². The smallest absolute Gasteiger partial charge is 0.387 e. The number of hydrogen-bond donors (Lipinski definition) is 2. The van der Waals surface area contributed by atoms with Gasteiger partial charge < -0.3 is 24.5 Å². The van der Waals surface area contributed by atoms with Crippen molar-refractivity contribution in [2.45, 2.75) is 56.3 Å². The van der Waals surface area contributed by atoms with Gasteiger partial charge in [0.15, 0.2) is 5.75 Å². The largest absolute Gasteiger partial charge is 0.492 e. The highest BCUT2D eigenvalue weighted by Crippen LogP contribution is 2.46. The first-order valence-corrected chi connectivity index (χ1v) is 13.2. The van der Waals surface area contributed by atoms with Crippen LogP contribution in [0.2, 0.25) is 5.02 Å². The van der Waals surface area contributed by atoms with Crippen LogP contribution < -0.4 is 14.8 Å². The maximum Gasteiger partial charge on any atom is 0.387 e. The molecule has 11 heteroatoms. The summed E-state index contributed by atoms with van der Waals surface area (Å²) in [6.07, 6.45) is 3.98. The number of likely N-dealkylation sites (tertiary alicyclic amines) is 1. The minimum absolute atomic E-state index is 0.000953. The van der Waals surface area contributed by atoms with Crippen molar-refractivity contribution in [3.05, 3.63) is 47.2 Å². The first-order chi connectivity index (χ1) is 18.1. The van der Waals surface area contributed by atoms with Crippen molar-refractivity contribution in [2.24, 2.45) is 0 Å². The Hall–Kier alpha value is -2.95. The lowest BCUT2D eigenvalue weighted by Gasteiger charge is -2.41. The molecule has 0 unspecified atom stereocenters. The molecule has 0 bridgehead atoms. The highest BCUT2D eigenvalue weighted by atomic mass is 35.5. The van der Waals surface area contributed by atoms with Crippen LogP contribution in [0.1, 0.15) is 44.2 Å². The number of aromatic nitrogens is 2. The Kier molecular flexibility index (Phi) is 6.24. The summed E-state index contributed by atoms with van der Waals surface area (Å²) in [6.45, 7) is 1.16.